The van der Waals surface area contributed by atoms with Gasteiger partial charge in [0.1, 0.15) is 0 Å². The number of esters is 1. The average molecular weight is 235 g/mol. The standard InChI is InChI=1S/C9H17NO4S/c1-2-14-8(11)6-9(10)4-3-5-15(12,13)7-9/h2-7,10H2,1H3. The lowest BCUT2D eigenvalue weighted by atomic mass is 9.93. The topological polar surface area (TPSA) is 86.5 Å². The van der Waals surface area contributed by atoms with Gasteiger partial charge in [-0.25, -0.2) is 8.42 Å². The number of ether oxygens (including phenoxy) is 1. The highest BCUT2D eigenvalue weighted by molar-refractivity contribution is 7.91. The van der Waals surface area contributed by atoms with Gasteiger partial charge in [-0.1, -0.05) is 0 Å². The van der Waals surface area contributed by atoms with Crippen LogP contribution in [0, 0.1) is 0 Å². The second-order valence-electron chi connectivity index (χ2n) is 4.04. The first-order chi connectivity index (χ1) is 6.87. The molecule has 1 fully saturated rings. The Kier molecular flexibility index (Phi) is 3.72. The van der Waals surface area contributed by atoms with Gasteiger partial charge < -0.3 is 10.5 Å². The zero-order chi connectivity index (χ0) is 11.5. The lowest BCUT2D eigenvalue weighted by Crippen LogP contribution is -2.51. The predicted octanol–water partition coefficient (Wildman–Crippen LogP) is -0.154. The first-order valence-corrected chi connectivity index (χ1v) is 6.84. The fourth-order valence-corrected chi connectivity index (χ4v) is 3.72. The van der Waals surface area contributed by atoms with Crippen LogP contribution in [0.2, 0.25) is 0 Å². The maximum atomic E-state index is 11.4. The van der Waals surface area contributed by atoms with Crippen molar-refractivity contribution in [2.24, 2.45) is 5.73 Å². The number of hydrogen-bond acceptors (Lipinski definition) is 5. The first-order valence-electron chi connectivity index (χ1n) is 5.02. The molecule has 0 radical (unpaired) electrons. The molecule has 1 atom stereocenters. The van der Waals surface area contributed by atoms with Crippen LogP contribution in [0.4, 0.5) is 0 Å². The number of rotatable bonds is 3. The summed E-state index contributed by atoms with van der Waals surface area (Å²) in [5, 5.41) is 0. The molecule has 0 aliphatic carbocycles. The highest BCUT2D eigenvalue weighted by atomic mass is 32.2. The minimum absolute atomic E-state index is 0.0138. The normalized spacial score (nSPS) is 29.7. The Morgan fingerprint density at radius 3 is 2.73 bits per heavy atom. The van der Waals surface area contributed by atoms with Crippen LogP contribution in [-0.2, 0) is 19.4 Å². The molecule has 0 aromatic rings. The zero-order valence-electron chi connectivity index (χ0n) is 8.86. The van der Waals surface area contributed by atoms with Crippen molar-refractivity contribution in [3.63, 3.8) is 0 Å². The monoisotopic (exact) mass is 235 g/mol. The van der Waals surface area contributed by atoms with Crippen LogP contribution in [0.1, 0.15) is 26.2 Å². The van der Waals surface area contributed by atoms with Crippen molar-refractivity contribution >= 4 is 15.8 Å². The smallest absolute Gasteiger partial charge is 0.307 e. The number of carbonyl (C=O) groups is 1. The Balaban J connectivity index is 2.62. The molecule has 1 saturated heterocycles. The van der Waals surface area contributed by atoms with Gasteiger partial charge in [0.2, 0.25) is 0 Å². The van der Waals surface area contributed by atoms with Gasteiger partial charge in [0.05, 0.1) is 24.5 Å². The minimum atomic E-state index is -3.08. The molecule has 1 unspecified atom stereocenters. The fourth-order valence-electron chi connectivity index (χ4n) is 1.87. The maximum absolute atomic E-state index is 11.4. The number of hydrogen-bond donors (Lipinski definition) is 1. The molecule has 2 N–H and O–H groups in total. The predicted molar refractivity (Wildman–Crippen MR) is 56.1 cm³/mol. The zero-order valence-corrected chi connectivity index (χ0v) is 9.68. The Labute approximate surface area is 89.9 Å². The third-order valence-electron chi connectivity index (χ3n) is 2.44. The van der Waals surface area contributed by atoms with Crippen LogP contribution in [0.5, 0.6) is 0 Å². The van der Waals surface area contributed by atoms with Gasteiger partial charge >= 0.3 is 5.97 Å². The summed E-state index contributed by atoms with van der Waals surface area (Å²) in [6.07, 6.45) is 1.07. The molecule has 1 aliphatic heterocycles. The summed E-state index contributed by atoms with van der Waals surface area (Å²) in [6, 6.07) is 0. The SMILES string of the molecule is CCOC(=O)CC1(N)CCCS(=O)(=O)C1. The summed E-state index contributed by atoms with van der Waals surface area (Å²) >= 11 is 0. The summed E-state index contributed by atoms with van der Waals surface area (Å²) in [5.41, 5.74) is 4.96. The van der Waals surface area contributed by atoms with Gasteiger partial charge in [-0.3, -0.25) is 4.79 Å². The number of carbonyl (C=O) groups excluding carboxylic acids is 1. The molecule has 0 spiro atoms. The Bertz CT molecular complexity index is 338. The molecule has 0 aromatic carbocycles. The summed E-state index contributed by atoms with van der Waals surface area (Å²) < 4.78 is 27.5. The molecule has 0 aromatic heterocycles. The third-order valence-corrected chi connectivity index (χ3v) is 4.36. The Morgan fingerprint density at radius 1 is 1.53 bits per heavy atom. The van der Waals surface area contributed by atoms with Crippen LogP contribution in [0.3, 0.4) is 0 Å². The summed E-state index contributed by atoms with van der Waals surface area (Å²) in [7, 11) is -3.08. The molecule has 88 valence electrons. The summed E-state index contributed by atoms with van der Waals surface area (Å²) in [4.78, 5) is 11.2. The largest absolute Gasteiger partial charge is 0.466 e. The van der Waals surface area contributed by atoms with Crippen LogP contribution in [0.25, 0.3) is 0 Å². The lowest BCUT2D eigenvalue weighted by molar-refractivity contribution is -0.144. The van der Waals surface area contributed by atoms with E-state index in [2.05, 4.69) is 0 Å². The van der Waals surface area contributed by atoms with Crippen LogP contribution < -0.4 is 5.73 Å². The first kappa shape index (κ1) is 12.4. The molecule has 1 heterocycles. The van der Waals surface area contributed by atoms with Crippen molar-refractivity contribution in [1.82, 2.24) is 0 Å². The molecule has 1 aliphatic rings. The van der Waals surface area contributed by atoms with E-state index >= 15 is 0 Å². The lowest BCUT2D eigenvalue weighted by Gasteiger charge is -2.31. The van der Waals surface area contributed by atoms with E-state index in [0.29, 0.717) is 19.4 Å². The van der Waals surface area contributed by atoms with Crippen molar-refractivity contribution in [3.8, 4) is 0 Å². The molecule has 6 heteroatoms. The molecule has 0 bridgehead atoms. The van der Waals surface area contributed by atoms with Crippen LogP contribution in [0.15, 0.2) is 0 Å². The number of nitrogens with two attached hydrogens (primary N) is 1. The molecule has 0 saturated carbocycles. The second-order valence-corrected chi connectivity index (χ2v) is 6.22. The van der Waals surface area contributed by atoms with E-state index in [1.54, 1.807) is 6.92 Å². The van der Waals surface area contributed by atoms with Crippen molar-refractivity contribution in [1.29, 1.82) is 0 Å². The maximum Gasteiger partial charge on any atom is 0.307 e. The van der Waals surface area contributed by atoms with E-state index in [1.165, 1.54) is 0 Å². The third kappa shape index (κ3) is 3.79. The van der Waals surface area contributed by atoms with Gasteiger partial charge in [-0.05, 0) is 19.8 Å². The molecular formula is C9H17NO4S. The van der Waals surface area contributed by atoms with Crippen molar-refractivity contribution in [2.75, 3.05) is 18.1 Å². The molecule has 1 rings (SSSR count). The van der Waals surface area contributed by atoms with E-state index in [-0.39, 0.29) is 17.9 Å². The van der Waals surface area contributed by atoms with E-state index in [9.17, 15) is 13.2 Å². The summed E-state index contributed by atoms with van der Waals surface area (Å²) in [5.74, 6) is -0.356. The van der Waals surface area contributed by atoms with Crippen molar-refractivity contribution < 1.29 is 17.9 Å². The van der Waals surface area contributed by atoms with Gasteiger partial charge in [0.15, 0.2) is 9.84 Å². The van der Waals surface area contributed by atoms with E-state index < -0.39 is 21.3 Å². The van der Waals surface area contributed by atoms with Crippen molar-refractivity contribution in [2.45, 2.75) is 31.7 Å². The van der Waals surface area contributed by atoms with Crippen molar-refractivity contribution in [3.05, 3.63) is 0 Å². The minimum Gasteiger partial charge on any atom is -0.466 e. The van der Waals surface area contributed by atoms with Crippen LogP contribution >= 0.6 is 0 Å². The van der Waals surface area contributed by atoms with Crippen LogP contribution in [-0.4, -0.2) is 38.0 Å². The molecular weight excluding hydrogens is 218 g/mol. The van der Waals surface area contributed by atoms with E-state index in [1.807, 2.05) is 0 Å². The highest BCUT2D eigenvalue weighted by Crippen LogP contribution is 2.24. The molecule has 15 heavy (non-hydrogen) atoms. The van der Waals surface area contributed by atoms with E-state index in [4.69, 9.17) is 10.5 Å². The van der Waals surface area contributed by atoms with Gasteiger partial charge in [0, 0.05) is 5.54 Å². The van der Waals surface area contributed by atoms with E-state index in [0.717, 1.165) is 0 Å². The second kappa shape index (κ2) is 4.49. The quantitative estimate of drug-likeness (QED) is 0.687. The Hall–Kier alpha value is -0.620. The van der Waals surface area contributed by atoms with Gasteiger partial charge in [-0.15, -0.1) is 0 Å². The number of sulfone groups is 1. The highest BCUT2D eigenvalue weighted by Gasteiger charge is 2.37. The van der Waals surface area contributed by atoms with Gasteiger partial charge in [-0.2, -0.15) is 0 Å². The fraction of sp³-hybridized carbons (Fsp3) is 0.889. The average Bonchev–Trinajstić information content (AvgIpc) is 1.99. The van der Waals surface area contributed by atoms with Gasteiger partial charge in [0.25, 0.3) is 0 Å². The molecule has 0 amide bonds. The molecule has 5 nitrogen and oxygen atoms in total. The Morgan fingerprint density at radius 2 is 2.20 bits per heavy atom. The summed E-state index contributed by atoms with van der Waals surface area (Å²) in [6.45, 7) is 2.00.